The number of nitrogens with zero attached hydrogens (tertiary/aromatic N) is 2. The zero-order valence-electron chi connectivity index (χ0n) is 14.0. The monoisotopic (exact) mass is 323 g/mol. The number of fused-ring (bicyclic) bond motifs is 1. The number of amides is 1. The molecule has 2 aromatic carbocycles. The summed E-state index contributed by atoms with van der Waals surface area (Å²) in [5.41, 5.74) is 3.77. The molecule has 1 aromatic heterocycles. The summed E-state index contributed by atoms with van der Waals surface area (Å²) in [5.74, 6) is -0.00814. The van der Waals surface area contributed by atoms with Crippen LogP contribution in [0.25, 0.3) is 11.0 Å². The van der Waals surface area contributed by atoms with Crippen molar-refractivity contribution in [1.29, 1.82) is 0 Å². The Bertz CT molecular complexity index is 923. The number of carbonyl (C=O) groups is 1. The topological polar surface area (TPSA) is 56.0 Å². The smallest absolute Gasteiger partial charge is 0.328 e. The fourth-order valence-electron chi connectivity index (χ4n) is 2.90. The maximum atomic E-state index is 12.1. The van der Waals surface area contributed by atoms with Crippen LogP contribution in [-0.2, 0) is 31.7 Å². The standard InChI is InChI=1S/C19H21N3O2/c1-21-16-9-8-15(12-17(16)22(2)19(21)24)13-18(23)20-11-10-14-6-4-3-5-7-14/h3-9,12H,10-11,13H2,1-2H3,(H,20,23). The predicted molar refractivity (Wildman–Crippen MR) is 95.0 cm³/mol. The van der Waals surface area contributed by atoms with Crippen molar-refractivity contribution >= 4 is 16.9 Å². The molecule has 24 heavy (non-hydrogen) atoms. The lowest BCUT2D eigenvalue weighted by Crippen LogP contribution is -2.27. The molecule has 0 spiro atoms. The summed E-state index contributed by atoms with van der Waals surface area (Å²) < 4.78 is 3.21. The van der Waals surface area contributed by atoms with Crippen LogP contribution in [0.2, 0.25) is 0 Å². The van der Waals surface area contributed by atoms with Gasteiger partial charge in [-0.05, 0) is 29.7 Å². The molecule has 0 aliphatic carbocycles. The van der Waals surface area contributed by atoms with Gasteiger partial charge in [0, 0.05) is 20.6 Å². The number of hydrogen-bond acceptors (Lipinski definition) is 2. The summed E-state index contributed by atoms with van der Waals surface area (Å²) in [6.07, 6.45) is 1.13. The average molecular weight is 323 g/mol. The minimum Gasteiger partial charge on any atom is -0.355 e. The molecule has 124 valence electrons. The zero-order valence-corrected chi connectivity index (χ0v) is 14.0. The van der Waals surface area contributed by atoms with Gasteiger partial charge in [0.15, 0.2) is 0 Å². The van der Waals surface area contributed by atoms with E-state index in [0.717, 1.165) is 23.0 Å². The fraction of sp³-hybridized carbons (Fsp3) is 0.263. The van der Waals surface area contributed by atoms with E-state index in [4.69, 9.17) is 0 Å². The van der Waals surface area contributed by atoms with Gasteiger partial charge in [0.2, 0.25) is 5.91 Å². The molecule has 0 unspecified atom stereocenters. The van der Waals surface area contributed by atoms with Crippen LogP contribution in [0, 0.1) is 0 Å². The molecule has 0 aliphatic heterocycles. The number of benzene rings is 2. The van der Waals surface area contributed by atoms with E-state index in [9.17, 15) is 9.59 Å². The molecule has 0 fully saturated rings. The minimum atomic E-state index is -0.0607. The third-order valence-electron chi connectivity index (χ3n) is 4.28. The van der Waals surface area contributed by atoms with Crippen molar-refractivity contribution < 1.29 is 4.79 Å². The van der Waals surface area contributed by atoms with Gasteiger partial charge in [0.1, 0.15) is 0 Å². The summed E-state index contributed by atoms with van der Waals surface area (Å²) in [6, 6.07) is 15.8. The minimum absolute atomic E-state index is 0.00814. The van der Waals surface area contributed by atoms with Gasteiger partial charge in [-0.3, -0.25) is 13.9 Å². The summed E-state index contributed by atoms with van der Waals surface area (Å²) in [5, 5.41) is 2.95. The lowest BCUT2D eigenvalue weighted by molar-refractivity contribution is -0.120. The summed E-state index contributed by atoms with van der Waals surface area (Å²) in [7, 11) is 3.50. The molecule has 1 amide bonds. The lowest BCUT2D eigenvalue weighted by Gasteiger charge is -2.06. The second-order valence-electron chi connectivity index (χ2n) is 5.99. The van der Waals surface area contributed by atoms with Crippen LogP contribution >= 0.6 is 0 Å². The highest BCUT2D eigenvalue weighted by Crippen LogP contribution is 2.14. The van der Waals surface area contributed by atoms with Gasteiger partial charge in [-0.25, -0.2) is 4.79 Å². The van der Waals surface area contributed by atoms with Crippen molar-refractivity contribution in [2.45, 2.75) is 12.8 Å². The van der Waals surface area contributed by atoms with E-state index < -0.39 is 0 Å². The van der Waals surface area contributed by atoms with E-state index in [1.807, 2.05) is 36.4 Å². The molecule has 0 saturated carbocycles. The molecule has 0 saturated heterocycles. The number of aryl methyl sites for hydroxylation is 2. The van der Waals surface area contributed by atoms with Crippen molar-refractivity contribution in [2.75, 3.05) is 6.54 Å². The summed E-state index contributed by atoms with van der Waals surface area (Å²) in [4.78, 5) is 24.1. The highest BCUT2D eigenvalue weighted by Gasteiger charge is 2.10. The Labute approximate surface area is 140 Å². The van der Waals surface area contributed by atoms with Crippen molar-refractivity contribution in [2.24, 2.45) is 14.1 Å². The molecule has 1 N–H and O–H groups in total. The van der Waals surface area contributed by atoms with E-state index in [2.05, 4.69) is 17.4 Å². The van der Waals surface area contributed by atoms with Crippen LogP contribution < -0.4 is 11.0 Å². The zero-order chi connectivity index (χ0) is 17.1. The van der Waals surface area contributed by atoms with Crippen molar-refractivity contribution in [3.05, 3.63) is 70.1 Å². The largest absolute Gasteiger partial charge is 0.355 e. The second kappa shape index (κ2) is 6.74. The molecular weight excluding hydrogens is 302 g/mol. The van der Waals surface area contributed by atoms with Gasteiger partial charge in [-0.1, -0.05) is 36.4 Å². The van der Waals surface area contributed by atoms with E-state index in [-0.39, 0.29) is 11.6 Å². The van der Waals surface area contributed by atoms with Gasteiger partial charge >= 0.3 is 5.69 Å². The van der Waals surface area contributed by atoms with Crippen LogP contribution in [-0.4, -0.2) is 21.6 Å². The molecule has 3 rings (SSSR count). The predicted octanol–water partition coefficient (Wildman–Crippen LogP) is 1.78. The van der Waals surface area contributed by atoms with E-state index in [0.29, 0.717) is 13.0 Å². The van der Waals surface area contributed by atoms with Crippen molar-refractivity contribution in [3.63, 3.8) is 0 Å². The molecule has 5 heteroatoms. The molecule has 0 bridgehead atoms. The average Bonchev–Trinajstić information content (AvgIpc) is 2.80. The molecule has 1 heterocycles. The van der Waals surface area contributed by atoms with E-state index in [1.54, 1.807) is 23.2 Å². The highest BCUT2D eigenvalue weighted by molar-refractivity contribution is 5.82. The SMILES string of the molecule is Cn1c(=O)n(C)c2cc(CC(=O)NCCc3ccccc3)ccc21. The molecule has 5 nitrogen and oxygen atoms in total. The molecule has 3 aromatic rings. The number of carbonyl (C=O) groups excluding carboxylic acids is 1. The van der Waals surface area contributed by atoms with Gasteiger partial charge in [-0.2, -0.15) is 0 Å². The maximum absolute atomic E-state index is 12.1. The normalized spacial score (nSPS) is 10.9. The third-order valence-corrected chi connectivity index (χ3v) is 4.28. The van der Waals surface area contributed by atoms with Gasteiger partial charge in [0.25, 0.3) is 0 Å². The third kappa shape index (κ3) is 3.25. The van der Waals surface area contributed by atoms with Gasteiger partial charge in [-0.15, -0.1) is 0 Å². The summed E-state index contributed by atoms with van der Waals surface area (Å²) in [6.45, 7) is 0.620. The number of imidazole rings is 1. The Kier molecular flexibility index (Phi) is 4.51. The highest BCUT2D eigenvalue weighted by atomic mass is 16.2. The first-order valence-electron chi connectivity index (χ1n) is 8.01. The second-order valence-corrected chi connectivity index (χ2v) is 5.99. The molecule has 0 atom stereocenters. The molecule has 0 aliphatic rings. The lowest BCUT2D eigenvalue weighted by atomic mass is 10.1. The summed E-state index contributed by atoms with van der Waals surface area (Å²) >= 11 is 0. The number of aromatic nitrogens is 2. The van der Waals surface area contributed by atoms with Gasteiger partial charge in [0.05, 0.1) is 17.5 Å². The van der Waals surface area contributed by atoms with E-state index in [1.165, 1.54) is 5.56 Å². The first kappa shape index (κ1) is 16.1. The number of hydrogen-bond donors (Lipinski definition) is 1. The number of rotatable bonds is 5. The van der Waals surface area contributed by atoms with Crippen molar-refractivity contribution in [1.82, 2.24) is 14.5 Å². The Balaban J connectivity index is 1.63. The molecular formula is C19H21N3O2. The van der Waals surface area contributed by atoms with Crippen LogP contribution in [0.5, 0.6) is 0 Å². The fourth-order valence-corrected chi connectivity index (χ4v) is 2.90. The Morgan fingerprint density at radius 3 is 2.42 bits per heavy atom. The van der Waals surface area contributed by atoms with Crippen molar-refractivity contribution in [3.8, 4) is 0 Å². The van der Waals surface area contributed by atoms with Crippen LogP contribution in [0.4, 0.5) is 0 Å². The Hall–Kier alpha value is -2.82. The molecule has 0 radical (unpaired) electrons. The maximum Gasteiger partial charge on any atom is 0.328 e. The number of nitrogens with one attached hydrogen (secondary N) is 1. The van der Waals surface area contributed by atoms with Crippen LogP contribution in [0.15, 0.2) is 53.3 Å². The Morgan fingerprint density at radius 2 is 1.67 bits per heavy atom. The van der Waals surface area contributed by atoms with Crippen LogP contribution in [0.1, 0.15) is 11.1 Å². The van der Waals surface area contributed by atoms with E-state index >= 15 is 0 Å². The quantitative estimate of drug-likeness (QED) is 0.778. The Morgan fingerprint density at radius 1 is 0.958 bits per heavy atom. The van der Waals surface area contributed by atoms with Crippen LogP contribution in [0.3, 0.4) is 0 Å². The van der Waals surface area contributed by atoms with Gasteiger partial charge < -0.3 is 5.32 Å². The first-order chi connectivity index (χ1) is 11.6. The first-order valence-corrected chi connectivity index (χ1v) is 8.01.